The van der Waals surface area contributed by atoms with Gasteiger partial charge in [-0.05, 0) is 32.1 Å². The first-order chi connectivity index (χ1) is 10.8. The molecule has 0 unspecified atom stereocenters. The normalized spacial score (nSPS) is 22.9. The predicted octanol–water partition coefficient (Wildman–Crippen LogP) is 2.46. The van der Waals surface area contributed by atoms with E-state index in [1.165, 1.54) is 29.5 Å². The molecule has 3 atom stereocenters. The molecule has 1 aromatic heterocycles. The highest BCUT2D eigenvalue weighted by Crippen LogP contribution is 2.32. The number of hydrogen-bond donors (Lipinski definition) is 1. The van der Waals surface area contributed by atoms with Crippen molar-refractivity contribution in [3.05, 3.63) is 10.6 Å². The van der Waals surface area contributed by atoms with Crippen molar-refractivity contribution in [3.8, 4) is 0 Å². The summed E-state index contributed by atoms with van der Waals surface area (Å²) < 4.78 is 0.831. The highest BCUT2D eigenvalue weighted by Gasteiger charge is 2.29. The molecule has 0 spiro atoms. The van der Waals surface area contributed by atoms with Gasteiger partial charge < -0.3 is 10.6 Å². The lowest BCUT2D eigenvalue weighted by atomic mass is 9.92. The van der Waals surface area contributed by atoms with Crippen LogP contribution in [0.25, 0.3) is 0 Å². The number of nitrogens with zero attached hydrogens (tertiary/aromatic N) is 2. The molecular weight excluding hydrogens is 330 g/mol. The second kappa shape index (κ2) is 7.66. The first-order valence-corrected chi connectivity index (χ1v) is 9.66. The van der Waals surface area contributed by atoms with E-state index in [1.807, 2.05) is 18.7 Å². The summed E-state index contributed by atoms with van der Waals surface area (Å²) in [6.45, 7) is 9.90. The monoisotopic (exact) mass is 355 g/mol. The fourth-order valence-corrected chi connectivity index (χ4v) is 5.55. The van der Waals surface area contributed by atoms with E-state index >= 15 is 0 Å². The molecule has 5 nitrogen and oxygen atoms in total. The Kier molecular flexibility index (Phi) is 6.08. The molecule has 0 saturated carbocycles. The van der Waals surface area contributed by atoms with Crippen molar-refractivity contribution in [2.24, 2.45) is 17.6 Å². The van der Waals surface area contributed by atoms with Gasteiger partial charge >= 0.3 is 0 Å². The SMILES string of the molecule is Cc1nc(S[C@H](C)C(=O)N2C[C@H](C)C[C@@H](C)C2)sc1CC(N)=O. The third kappa shape index (κ3) is 4.94. The van der Waals surface area contributed by atoms with Crippen molar-refractivity contribution in [1.82, 2.24) is 9.88 Å². The van der Waals surface area contributed by atoms with Crippen LogP contribution < -0.4 is 5.73 Å². The molecular formula is C16H25N3O2S2. The Labute approximate surface area is 146 Å². The average Bonchev–Trinajstić information content (AvgIpc) is 2.75. The van der Waals surface area contributed by atoms with Crippen LogP contribution in [0.2, 0.25) is 0 Å². The van der Waals surface area contributed by atoms with Gasteiger partial charge in [0.25, 0.3) is 0 Å². The quantitative estimate of drug-likeness (QED) is 0.823. The van der Waals surface area contributed by atoms with E-state index in [4.69, 9.17) is 5.73 Å². The second-order valence-corrected chi connectivity index (χ2v) is 9.25. The van der Waals surface area contributed by atoms with Crippen molar-refractivity contribution < 1.29 is 9.59 Å². The molecule has 0 aromatic carbocycles. The Bertz CT molecular complexity index is 578. The van der Waals surface area contributed by atoms with Gasteiger partial charge in [-0.1, -0.05) is 25.6 Å². The van der Waals surface area contributed by atoms with Gasteiger partial charge in [0.05, 0.1) is 17.4 Å². The number of rotatable bonds is 5. The number of amides is 2. The number of piperidine rings is 1. The number of nitrogens with two attached hydrogens (primary N) is 1. The number of thioether (sulfide) groups is 1. The molecule has 1 fully saturated rings. The van der Waals surface area contributed by atoms with Gasteiger partial charge in [-0.15, -0.1) is 11.3 Å². The molecule has 2 amide bonds. The number of aryl methyl sites for hydroxylation is 1. The van der Waals surface area contributed by atoms with Crippen molar-refractivity contribution in [2.45, 2.75) is 50.1 Å². The number of likely N-dealkylation sites (tertiary alicyclic amines) is 1. The van der Waals surface area contributed by atoms with E-state index in [9.17, 15) is 9.59 Å². The smallest absolute Gasteiger partial charge is 0.235 e. The average molecular weight is 356 g/mol. The van der Waals surface area contributed by atoms with Crippen molar-refractivity contribution in [3.63, 3.8) is 0 Å². The van der Waals surface area contributed by atoms with Gasteiger partial charge in [-0.3, -0.25) is 9.59 Å². The molecule has 1 aliphatic heterocycles. The Morgan fingerprint density at radius 3 is 2.57 bits per heavy atom. The second-order valence-electron chi connectivity index (χ2n) is 6.58. The summed E-state index contributed by atoms with van der Waals surface area (Å²) in [6.07, 6.45) is 1.40. The minimum atomic E-state index is -0.353. The van der Waals surface area contributed by atoms with Gasteiger partial charge in [0.2, 0.25) is 11.8 Å². The summed E-state index contributed by atoms with van der Waals surface area (Å²) in [4.78, 5) is 31.1. The van der Waals surface area contributed by atoms with Gasteiger partial charge in [0, 0.05) is 18.0 Å². The van der Waals surface area contributed by atoms with Crippen LogP contribution in [0.1, 0.15) is 37.8 Å². The zero-order valence-electron chi connectivity index (χ0n) is 14.2. The highest BCUT2D eigenvalue weighted by molar-refractivity contribution is 8.02. The van der Waals surface area contributed by atoms with Crippen molar-refractivity contribution in [2.75, 3.05) is 13.1 Å². The van der Waals surface area contributed by atoms with Crippen molar-refractivity contribution in [1.29, 1.82) is 0 Å². The maximum absolute atomic E-state index is 12.7. The summed E-state index contributed by atoms with van der Waals surface area (Å²) in [5.74, 6) is 0.944. The molecule has 2 N–H and O–H groups in total. The highest BCUT2D eigenvalue weighted by atomic mass is 32.2. The van der Waals surface area contributed by atoms with Crippen LogP contribution in [0.3, 0.4) is 0 Å². The van der Waals surface area contributed by atoms with Crippen LogP contribution in [0.5, 0.6) is 0 Å². The van der Waals surface area contributed by atoms with E-state index in [2.05, 4.69) is 18.8 Å². The van der Waals surface area contributed by atoms with Crippen LogP contribution in [0.15, 0.2) is 4.34 Å². The fourth-order valence-electron chi connectivity index (χ4n) is 3.08. The number of carbonyl (C=O) groups excluding carboxylic acids is 2. The zero-order valence-corrected chi connectivity index (χ0v) is 15.8. The van der Waals surface area contributed by atoms with Gasteiger partial charge in [-0.2, -0.15) is 0 Å². The third-order valence-electron chi connectivity index (χ3n) is 4.01. The largest absolute Gasteiger partial charge is 0.369 e. The van der Waals surface area contributed by atoms with Crippen LogP contribution in [0, 0.1) is 18.8 Å². The number of aromatic nitrogens is 1. The number of primary amides is 1. The topological polar surface area (TPSA) is 76.3 Å². The first-order valence-electron chi connectivity index (χ1n) is 7.96. The molecule has 2 rings (SSSR count). The Balaban J connectivity index is 1.99. The first kappa shape index (κ1) is 18.3. The van der Waals surface area contributed by atoms with Crippen LogP contribution >= 0.6 is 23.1 Å². The molecule has 0 bridgehead atoms. The summed E-state index contributed by atoms with van der Waals surface area (Å²) >= 11 is 2.94. The molecule has 0 radical (unpaired) electrons. The zero-order chi connectivity index (χ0) is 17.1. The molecule has 0 aliphatic carbocycles. The fraction of sp³-hybridized carbons (Fsp3) is 0.688. The lowest BCUT2D eigenvalue weighted by molar-refractivity contribution is -0.133. The maximum Gasteiger partial charge on any atom is 0.235 e. The lowest BCUT2D eigenvalue weighted by Gasteiger charge is -2.36. The predicted molar refractivity (Wildman–Crippen MR) is 94.6 cm³/mol. The van der Waals surface area contributed by atoms with E-state index in [1.54, 1.807) is 0 Å². The minimum Gasteiger partial charge on any atom is -0.369 e. The molecule has 7 heteroatoms. The minimum absolute atomic E-state index is 0.167. The van der Waals surface area contributed by atoms with E-state index in [-0.39, 0.29) is 23.5 Å². The molecule has 2 heterocycles. The van der Waals surface area contributed by atoms with Gasteiger partial charge in [-0.25, -0.2) is 4.98 Å². The Morgan fingerprint density at radius 1 is 1.39 bits per heavy atom. The van der Waals surface area contributed by atoms with Crippen LogP contribution in [-0.2, 0) is 16.0 Å². The standard InChI is InChI=1S/C16H25N3O2S2/c1-9-5-10(2)8-19(7-9)15(21)12(4)22-16-18-11(3)13(23-16)6-14(17)20/h9-10,12H,5-8H2,1-4H3,(H2,17,20)/t9-,10-,12-/m1/s1. The number of hydrogen-bond acceptors (Lipinski definition) is 5. The molecule has 1 aliphatic rings. The van der Waals surface area contributed by atoms with E-state index < -0.39 is 0 Å². The van der Waals surface area contributed by atoms with E-state index in [0.717, 1.165) is 28.0 Å². The third-order valence-corrected chi connectivity index (χ3v) is 6.35. The number of thiazole rings is 1. The maximum atomic E-state index is 12.7. The van der Waals surface area contributed by atoms with Crippen LogP contribution in [0.4, 0.5) is 0 Å². The molecule has 23 heavy (non-hydrogen) atoms. The van der Waals surface area contributed by atoms with Gasteiger partial charge in [0.1, 0.15) is 0 Å². The lowest BCUT2D eigenvalue weighted by Crippen LogP contribution is -2.45. The molecule has 1 saturated heterocycles. The van der Waals surface area contributed by atoms with Crippen molar-refractivity contribution >= 4 is 34.9 Å². The molecule has 128 valence electrons. The Hall–Kier alpha value is -1.08. The van der Waals surface area contributed by atoms with Crippen LogP contribution in [-0.4, -0.2) is 40.0 Å². The Morgan fingerprint density at radius 2 is 2.00 bits per heavy atom. The van der Waals surface area contributed by atoms with Gasteiger partial charge in [0.15, 0.2) is 4.34 Å². The van der Waals surface area contributed by atoms with E-state index in [0.29, 0.717) is 11.8 Å². The summed E-state index contributed by atoms with van der Waals surface area (Å²) in [5, 5.41) is -0.167. The summed E-state index contributed by atoms with van der Waals surface area (Å²) in [6, 6.07) is 0. The molecule has 1 aromatic rings. The summed E-state index contributed by atoms with van der Waals surface area (Å²) in [5.41, 5.74) is 6.08. The number of carbonyl (C=O) groups is 2. The summed E-state index contributed by atoms with van der Waals surface area (Å²) in [7, 11) is 0.